The number of hydrogen-bond donors (Lipinski definition) is 2. The largest absolute Gasteiger partial charge is 0.497 e. The van der Waals surface area contributed by atoms with E-state index in [9.17, 15) is 5.11 Å². The molecule has 1 aliphatic rings. The molecule has 0 heterocycles. The van der Waals surface area contributed by atoms with E-state index in [1.54, 1.807) is 7.11 Å². The van der Waals surface area contributed by atoms with Crippen LogP contribution in [0.2, 0.25) is 0 Å². The number of nitrogens with one attached hydrogen (secondary N) is 1. The SMILES string of the molecule is COc1cccc(C(C)NCC2(CO)CCCCC2)c1. The van der Waals surface area contributed by atoms with Crippen molar-refractivity contribution in [2.24, 2.45) is 5.41 Å². The number of ether oxygens (including phenoxy) is 1. The molecule has 1 fully saturated rings. The Morgan fingerprint density at radius 1 is 1.30 bits per heavy atom. The first-order chi connectivity index (χ1) is 9.69. The summed E-state index contributed by atoms with van der Waals surface area (Å²) in [6.07, 6.45) is 6.08. The predicted octanol–water partition coefficient (Wildman–Crippen LogP) is 3.29. The molecule has 0 radical (unpaired) electrons. The lowest BCUT2D eigenvalue weighted by atomic mass is 9.74. The van der Waals surface area contributed by atoms with Crippen molar-refractivity contribution in [3.8, 4) is 5.75 Å². The lowest BCUT2D eigenvalue weighted by Gasteiger charge is -2.36. The molecule has 1 aliphatic carbocycles. The monoisotopic (exact) mass is 277 g/mol. The molecule has 1 atom stereocenters. The minimum absolute atomic E-state index is 0.0887. The van der Waals surface area contributed by atoms with Crippen LogP contribution in [0.1, 0.15) is 50.6 Å². The molecule has 1 aromatic carbocycles. The highest BCUT2D eigenvalue weighted by molar-refractivity contribution is 5.30. The van der Waals surface area contributed by atoms with E-state index in [-0.39, 0.29) is 11.5 Å². The summed E-state index contributed by atoms with van der Waals surface area (Å²) >= 11 is 0. The summed E-state index contributed by atoms with van der Waals surface area (Å²) in [4.78, 5) is 0. The fourth-order valence-electron chi connectivity index (χ4n) is 3.09. The van der Waals surface area contributed by atoms with Gasteiger partial charge in [0.05, 0.1) is 7.11 Å². The minimum Gasteiger partial charge on any atom is -0.497 e. The second kappa shape index (κ2) is 7.09. The molecule has 3 heteroatoms. The third-order valence-corrected chi connectivity index (χ3v) is 4.63. The van der Waals surface area contributed by atoms with Crippen molar-refractivity contribution in [1.29, 1.82) is 0 Å². The number of methoxy groups -OCH3 is 1. The first kappa shape index (κ1) is 15.3. The highest BCUT2D eigenvalue weighted by Gasteiger charge is 2.31. The molecular formula is C17H27NO2. The van der Waals surface area contributed by atoms with Gasteiger partial charge in [-0.05, 0) is 37.5 Å². The van der Waals surface area contributed by atoms with Crippen LogP contribution >= 0.6 is 0 Å². The van der Waals surface area contributed by atoms with E-state index >= 15 is 0 Å². The number of benzene rings is 1. The van der Waals surface area contributed by atoms with Gasteiger partial charge in [0.2, 0.25) is 0 Å². The van der Waals surface area contributed by atoms with Crippen LogP contribution < -0.4 is 10.1 Å². The summed E-state index contributed by atoms with van der Waals surface area (Å²) in [6, 6.07) is 8.45. The second-order valence-electron chi connectivity index (χ2n) is 6.10. The predicted molar refractivity (Wildman–Crippen MR) is 82.0 cm³/mol. The fourth-order valence-corrected chi connectivity index (χ4v) is 3.09. The van der Waals surface area contributed by atoms with Crippen LogP contribution in [-0.2, 0) is 0 Å². The quantitative estimate of drug-likeness (QED) is 0.838. The van der Waals surface area contributed by atoms with Crippen molar-refractivity contribution >= 4 is 0 Å². The Labute approximate surface area is 122 Å². The molecule has 2 rings (SSSR count). The minimum atomic E-state index is 0.0887. The summed E-state index contributed by atoms with van der Waals surface area (Å²) in [5.74, 6) is 0.894. The van der Waals surface area contributed by atoms with E-state index in [1.165, 1.54) is 24.8 Å². The third-order valence-electron chi connectivity index (χ3n) is 4.63. The van der Waals surface area contributed by atoms with Crippen molar-refractivity contribution < 1.29 is 9.84 Å². The van der Waals surface area contributed by atoms with Crippen LogP contribution in [0.4, 0.5) is 0 Å². The number of hydrogen-bond acceptors (Lipinski definition) is 3. The van der Waals surface area contributed by atoms with Crippen LogP contribution in [-0.4, -0.2) is 25.4 Å². The Morgan fingerprint density at radius 3 is 2.70 bits per heavy atom. The first-order valence-electron chi connectivity index (χ1n) is 7.67. The molecule has 0 bridgehead atoms. The summed E-state index contributed by atoms with van der Waals surface area (Å²) in [7, 11) is 1.69. The van der Waals surface area contributed by atoms with E-state index in [1.807, 2.05) is 12.1 Å². The van der Waals surface area contributed by atoms with Crippen LogP contribution in [0.25, 0.3) is 0 Å². The van der Waals surface area contributed by atoms with Gasteiger partial charge in [0.15, 0.2) is 0 Å². The van der Waals surface area contributed by atoms with Crippen LogP contribution in [0.3, 0.4) is 0 Å². The molecule has 0 saturated heterocycles. The number of aliphatic hydroxyl groups is 1. The Bertz CT molecular complexity index is 413. The highest BCUT2D eigenvalue weighted by Crippen LogP contribution is 2.35. The van der Waals surface area contributed by atoms with Crippen molar-refractivity contribution in [3.63, 3.8) is 0 Å². The highest BCUT2D eigenvalue weighted by atomic mass is 16.5. The number of aliphatic hydroxyl groups excluding tert-OH is 1. The average Bonchev–Trinajstić information content (AvgIpc) is 2.53. The van der Waals surface area contributed by atoms with Gasteiger partial charge in [0.1, 0.15) is 5.75 Å². The van der Waals surface area contributed by atoms with Crippen LogP contribution in [0, 0.1) is 5.41 Å². The van der Waals surface area contributed by atoms with Crippen molar-refractivity contribution in [1.82, 2.24) is 5.32 Å². The summed E-state index contributed by atoms with van der Waals surface area (Å²) < 4.78 is 5.27. The second-order valence-corrected chi connectivity index (χ2v) is 6.10. The maximum atomic E-state index is 9.75. The van der Waals surface area contributed by atoms with E-state index < -0.39 is 0 Å². The van der Waals surface area contributed by atoms with Gasteiger partial charge in [-0.1, -0.05) is 31.4 Å². The molecule has 20 heavy (non-hydrogen) atoms. The summed E-state index contributed by atoms with van der Waals surface area (Å²) in [5.41, 5.74) is 1.32. The van der Waals surface area contributed by atoms with Gasteiger partial charge in [0, 0.05) is 24.6 Å². The maximum Gasteiger partial charge on any atom is 0.119 e. The molecular weight excluding hydrogens is 250 g/mol. The van der Waals surface area contributed by atoms with Crippen molar-refractivity contribution in [3.05, 3.63) is 29.8 Å². The molecule has 3 nitrogen and oxygen atoms in total. The fraction of sp³-hybridized carbons (Fsp3) is 0.647. The van der Waals surface area contributed by atoms with E-state index in [0.717, 1.165) is 25.1 Å². The molecule has 0 spiro atoms. The van der Waals surface area contributed by atoms with Crippen molar-refractivity contribution in [2.75, 3.05) is 20.3 Å². The van der Waals surface area contributed by atoms with Crippen molar-refractivity contribution in [2.45, 2.75) is 45.1 Å². The normalized spacial score (nSPS) is 19.6. The van der Waals surface area contributed by atoms with Gasteiger partial charge in [-0.15, -0.1) is 0 Å². The smallest absolute Gasteiger partial charge is 0.119 e. The zero-order valence-electron chi connectivity index (χ0n) is 12.7. The molecule has 1 unspecified atom stereocenters. The lowest BCUT2D eigenvalue weighted by molar-refractivity contribution is 0.0789. The van der Waals surface area contributed by atoms with Crippen LogP contribution in [0.15, 0.2) is 24.3 Å². The van der Waals surface area contributed by atoms with Gasteiger partial charge < -0.3 is 15.2 Å². The van der Waals surface area contributed by atoms with Gasteiger partial charge in [0.25, 0.3) is 0 Å². The molecule has 1 saturated carbocycles. The summed E-state index contributed by atoms with van der Waals surface area (Å²) in [6.45, 7) is 3.36. The maximum absolute atomic E-state index is 9.75. The Hall–Kier alpha value is -1.06. The third kappa shape index (κ3) is 3.74. The van der Waals surface area contributed by atoms with Gasteiger partial charge >= 0.3 is 0 Å². The molecule has 0 amide bonds. The molecule has 2 N–H and O–H groups in total. The first-order valence-corrected chi connectivity index (χ1v) is 7.67. The molecule has 112 valence electrons. The number of rotatable bonds is 6. The Kier molecular flexibility index (Phi) is 5.44. The van der Waals surface area contributed by atoms with Gasteiger partial charge in [-0.25, -0.2) is 0 Å². The van der Waals surface area contributed by atoms with Gasteiger partial charge in [-0.2, -0.15) is 0 Å². The van der Waals surface area contributed by atoms with Crippen LogP contribution in [0.5, 0.6) is 5.75 Å². The van der Waals surface area contributed by atoms with E-state index in [2.05, 4.69) is 24.4 Å². The standard InChI is InChI=1S/C17H27NO2/c1-14(15-7-6-8-16(11-15)20-2)18-12-17(13-19)9-4-3-5-10-17/h6-8,11,14,18-19H,3-5,9-10,12-13H2,1-2H3. The molecule has 1 aromatic rings. The molecule has 0 aliphatic heterocycles. The lowest BCUT2D eigenvalue weighted by Crippen LogP contribution is -2.39. The average molecular weight is 277 g/mol. The van der Waals surface area contributed by atoms with E-state index in [0.29, 0.717) is 6.61 Å². The zero-order valence-corrected chi connectivity index (χ0v) is 12.7. The topological polar surface area (TPSA) is 41.5 Å². The van der Waals surface area contributed by atoms with Gasteiger partial charge in [-0.3, -0.25) is 0 Å². The summed E-state index contributed by atoms with van der Waals surface area (Å²) in [5, 5.41) is 13.3. The van der Waals surface area contributed by atoms with E-state index in [4.69, 9.17) is 4.74 Å². The molecule has 0 aromatic heterocycles. The zero-order chi connectivity index (χ0) is 14.4. The Balaban J connectivity index is 1.94. The Morgan fingerprint density at radius 2 is 2.05 bits per heavy atom.